The molecule has 38 heavy (non-hydrogen) atoms. The van der Waals surface area contributed by atoms with Crippen molar-refractivity contribution < 1.29 is 22.8 Å². The number of piperidine rings is 1. The van der Waals surface area contributed by atoms with Crippen LogP contribution in [0.15, 0.2) is 66.9 Å². The van der Waals surface area contributed by atoms with Gasteiger partial charge in [0.25, 0.3) is 5.91 Å². The molecule has 3 aromatic rings. The van der Waals surface area contributed by atoms with Crippen molar-refractivity contribution >= 4 is 23.3 Å². The molecule has 2 aliphatic heterocycles. The number of halogens is 3. The van der Waals surface area contributed by atoms with E-state index in [1.807, 2.05) is 24.3 Å². The fourth-order valence-electron chi connectivity index (χ4n) is 5.16. The average molecular weight is 524 g/mol. The molecule has 3 heterocycles. The molecule has 7 nitrogen and oxygen atoms in total. The van der Waals surface area contributed by atoms with Gasteiger partial charge in [-0.05, 0) is 79.8 Å². The lowest BCUT2D eigenvalue weighted by molar-refractivity contribution is -0.137. The molecule has 0 saturated carbocycles. The number of benzene rings is 2. The predicted molar refractivity (Wildman–Crippen MR) is 136 cm³/mol. The van der Waals surface area contributed by atoms with Crippen molar-refractivity contribution in [1.29, 1.82) is 0 Å². The topological polar surface area (TPSA) is 78.4 Å². The van der Waals surface area contributed by atoms with Crippen LogP contribution in [0.25, 0.3) is 0 Å². The number of likely N-dealkylation sites (tertiary alicyclic amines) is 1. The maximum absolute atomic E-state index is 13.3. The maximum atomic E-state index is 13.3. The summed E-state index contributed by atoms with van der Waals surface area (Å²) >= 11 is 0. The lowest BCUT2D eigenvalue weighted by Crippen LogP contribution is -2.38. The van der Waals surface area contributed by atoms with Gasteiger partial charge in [0, 0.05) is 31.4 Å². The van der Waals surface area contributed by atoms with Gasteiger partial charge in [0.2, 0.25) is 5.91 Å². The van der Waals surface area contributed by atoms with E-state index in [9.17, 15) is 22.8 Å². The summed E-state index contributed by atoms with van der Waals surface area (Å²) in [5, 5.41) is 11.3. The molecule has 2 fully saturated rings. The van der Waals surface area contributed by atoms with Crippen molar-refractivity contribution in [2.75, 3.05) is 31.1 Å². The number of anilines is 2. The minimum atomic E-state index is -4.49. The van der Waals surface area contributed by atoms with E-state index >= 15 is 0 Å². The van der Waals surface area contributed by atoms with E-state index in [0.717, 1.165) is 30.7 Å². The van der Waals surface area contributed by atoms with Crippen LogP contribution in [0.2, 0.25) is 0 Å². The fourth-order valence-corrected chi connectivity index (χ4v) is 5.16. The molecule has 5 rings (SSSR count). The highest BCUT2D eigenvalue weighted by Gasteiger charge is 2.33. The SMILES string of the molecule is O=C(c1cccc(C(F)(F)F)c1)N1CCC(c2ccc(N(C(=O)[C@H]3CCNC3)c3cccnn3)cc2)CC1. The molecular formula is C28H28F3N5O2. The first-order chi connectivity index (χ1) is 18.3. The standard InChI is InChI=1S/C28H28F3N5O2/c29-28(30,31)23-4-1-3-21(17-23)26(37)35-15-11-20(12-16-35)19-6-8-24(9-7-19)36(25-5-2-13-33-34-25)27(38)22-10-14-32-18-22/h1-9,13,17,20,22,32H,10-12,14-16,18H2/t22-/m0/s1. The number of nitrogens with one attached hydrogen (secondary N) is 1. The van der Waals surface area contributed by atoms with Crippen LogP contribution < -0.4 is 10.2 Å². The second-order valence-electron chi connectivity index (χ2n) is 9.68. The van der Waals surface area contributed by atoms with Crippen LogP contribution >= 0.6 is 0 Å². The Morgan fingerprint density at radius 2 is 1.74 bits per heavy atom. The number of rotatable bonds is 5. The van der Waals surface area contributed by atoms with Crippen molar-refractivity contribution in [2.45, 2.75) is 31.4 Å². The molecule has 0 radical (unpaired) electrons. The molecule has 0 unspecified atom stereocenters. The summed E-state index contributed by atoms with van der Waals surface area (Å²) in [6.45, 7) is 2.35. The van der Waals surface area contributed by atoms with Gasteiger partial charge in [0.1, 0.15) is 0 Å². The highest BCUT2D eigenvalue weighted by Crippen LogP contribution is 2.33. The summed E-state index contributed by atoms with van der Waals surface area (Å²) in [6.07, 6.45) is -0.756. The first kappa shape index (κ1) is 25.8. The van der Waals surface area contributed by atoms with Gasteiger partial charge in [0.05, 0.1) is 17.2 Å². The Kier molecular flexibility index (Phi) is 7.42. The Morgan fingerprint density at radius 1 is 0.974 bits per heavy atom. The van der Waals surface area contributed by atoms with Crippen LogP contribution in [0.4, 0.5) is 24.7 Å². The zero-order valence-electron chi connectivity index (χ0n) is 20.7. The van der Waals surface area contributed by atoms with Gasteiger partial charge in [-0.1, -0.05) is 18.2 Å². The molecule has 10 heteroatoms. The van der Waals surface area contributed by atoms with Gasteiger partial charge in [-0.15, -0.1) is 5.10 Å². The van der Waals surface area contributed by atoms with E-state index in [1.54, 1.807) is 28.1 Å². The number of amides is 2. The average Bonchev–Trinajstić information content (AvgIpc) is 3.49. The van der Waals surface area contributed by atoms with E-state index in [4.69, 9.17) is 0 Å². The van der Waals surface area contributed by atoms with Crippen LogP contribution in [0.1, 0.15) is 46.7 Å². The second kappa shape index (κ2) is 10.9. The highest BCUT2D eigenvalue weighted by atomic mass is 19.4. The number of hydrogen-bond acceptors (Lipinski definition) is 5. The van der Waals surface area contributed by atoms with Crippen LogP contribution in [-0.4, -0.2) is 53.1 Å². The van der Waals surface area contributed by atoms with Crippen LogP contribution in [0, 0.1) is 5.92 Å². The molecule has 198 valence electrons. The molecule has 1 atom stereocenters. The number of alkyl halides is 3. The third-order valence-electron chi connectivity index (χ3n) is 7.26. The Labute approximate surface area is 218 Å². The van der Waals surface area contributed by atoms with Crippen molar-refractivity contribution in [3.8, 4) is 0 Å². The molecule has 2 aromatic carbocycles. The minimum Gasteiger partial charge on any atom is -0.339 e. The first-order valence-electron chi connectivity index (χ1n) is 12.7. The number of carbonyl (C=O) groups excluding carboxylic acids is 2. The van der Waals surface area contributed by atoms with Gasteiger partial charge in [0.15, 0.2) is 5.82 Å². The monoisotopic (exact) mass is 523 g/mol. The van der Waals surface area contributed by atoms with Crippen molar-refractivity contribution in [3.63, 3.8) is 0 Å². The summed E-state index contributed by atoms with van der Waals surface area (Å²) in [7, 11) is 0. The Bertz CT molecular complexity index is 1270. The third-order valence-corrected chi connectivity index (χ3v) is 7.26. The Balaban J connectivity index is 1.26. The molecule has 0 bridgehead atoms. The molecule has 0 aliphatic carbocycles. The summed E-state index contributed by atoms with van der Waals surface area (Å²) in [4.78, 5) is 29.4. The summed E-state index contributed by atoms with van der Waals surface area (Å²) < 4.78 is 39.2. The third kappa shape index (κ3) is 5.55. The Morgan fingerprint density at radius 3 is 2.37 bits per heavy atom. The molecular weight excluding hydrogens is 495 g/mol. The fraction of sp³-hybridized carbons (Fsp3) is 0.357. The first-order valence-corrected chi connectivity index (χ1v) is 12.7. The van der Waals surface area contributed by atoms with Gasteiger partial charge in [-0.2, -0.15) is 18.3 Å². The van der Waals surface area contributed by atoms with Gasteiger partial charge >= 0.3 is 6.18 Å². The van der Waals surface area contributed by atoms with Crippen LogP contribution in [0.5, 0.6) is 0 Å². The maximum Gasteiger partial charge on any atom is 0.416 e. The quantitative estimate of drug-likeness (QED) is 0.521. The van der Waals surface area contributed by atoms with E-state index < -0.39 is 11.7 Å². The van der Waals surface area contributed by atoms with Crippen molar-refractivity contribution in [2.24, 2.45) is 5.92 Å². The molecule has 0 spiro atoms. The second-order valence-corrected chi connectivity index (χ2v) is 9.68. The predicted octanol–water partition coefficient (Wildman–Crippen LogP) is 4.79. The van der Waals surface area contributed by atoms with Crippen molar-refractivity contribution in [3.05, 3.63) is 83.6 Å². The molecule has 1 N–H and O–H groups in total. The van der Waals surface area contributed by atoms with E-state index in [-0.39, 0.29) is 29.2 Å². The van der Waals surface area contributed by atoms with E-state index in [1.165, 1.54) is 12.1 Å². The highest BCUT2D eigenvalue weighted by molar-refractivity contribution is 6.01. The van der Waals surface area contributed by atoms with E-state index in [2.05, 4.69) is 15.5 Å². The Hall–Kier alpha value is -3.79. The van der Waals surface area contributed by atoms with Crippen molar-refractivity contribution in [1.82, 2.24) is 20.4 Å². The van der Waals surface area contributed by atoms with Crippen LogP contribution in [0.3, 0.4) is 0 Å². The van der Waals surface area contributed by atoms with Gasteiger partial charge in [-0.25, -0.2) is 0 Å². The number of carbonyl (C=O) groups is 2. The summed E-state index contributed by atoms with van der Waals surface area (Å²) in [5.41, 5.74) is 1.03. The summed E-state index contributed by atoms with van der Waals surface area (Å²) in [6, 6.07) is 15.9. The molecule has 2 amide bonds. The normalized spacial score (nSPS) is 18.4. The van der Waals surface area contributed by atoms with Gasteiger partial charge < -0.3 is 10.2 Å². The molecule has 2 saturated heterocycles. The smallest absolute Gasteiger partial charge is 0.339 e. The number of nitrogens with zero attached hydrogens (tertiary/aromatic N) is 4. The zero-order chi connectivity index (χ0) is 26.7. The van der Waals surface area contributed by atoms with Crippen LogP contribution in [-0.2, 0) is 11.0 Å². The molecule has 2 aliphatic rings. The number of hydrogen-bond donors (Lipinski definition) is 1. The summed E-state index contributed by atoms with van der Waals surface area (Å²) in [5.74, 6) is 0.136. The number of aromatic nitrogens is 2. The molecule has 1 aromatic heterocycles. The largest absolute Gasteiger partial charge is 0.416 e. The zero-order valence-corrected chi connectivity index (χ0v) is 20.7. The van der Waals surface area contributed by atoms with E-state index in [0.29, 0.717) is 44.0 Å². The minimum absolute atomic E-state index is 0.0235. The lowest BCUT2D eigenvalue weighted by atomic mass is 9.89. The van der Waals surface area contributed by atoms with Gasteiger partial charge in [-0.3, -0.25) is 14.5 Å². The lowest BCUT2D eigenvalue weighted by Gasteiger charge is -2.32.